The largest absolute Gasteiger partial charge is 0.477 e. The molecule has 5 N–H and O–H groups in total. The first-order valence-corrected chi connectivity index (χ1v) is 4.93. The standard InChI is InChI=1S/C9H14N4O4/c10-7(14)5-17-2-1-11-3-6-4-12-13-8(6)9(15)16/h4,11H,1-3,5H2,(H2,10,14)(H,12,13)(H,15,16). The highest BCUT2D eigenvalue weighted by Gasteiger charge is 2.11. The number of amides is 1. The van der Waals surface area contributed by atoms with E-state index in [0.717, 1.165) is 0 Å². The van der Waals surface area contributed by atoms with E-state index in [-0.39, 0.29) is 12.3 Å². The molecule has 1 rings (SSSR count). The molecule has 0 aliphatic rings. The summed E-state index contributed by atoms with van der Waals surface area (Å²) < 4.78 is 4.92. The van der Waals surface area contributed by atoms with Crippen molar-refractivity contribution in [2.45, 2.75) is 6.54 Å². The molecule has 1 aromatic rings. The molecule has 0 fully saturated rings. The summed E-state index contributed by atoms with van der Waals surface area (Å²) >= 11 is 0. The van der Waals surface area contributed by atoms with Gasteiger partial charge in [-0.15, -0.1) is 0 Å². The molecule has 0 unspecified atom stereocenters. The minimum Gasteiger partial charge on any atom is -0.477 e. The van der Waals surface area contributed by atoms with Crippen LogP contribution in [0.2, 0.25) is 0 Å². The van der Waals surface area contributed by atoms with Gasteiger partial charge < -0.3 is 20.9 Å². The average Bonchev–Trinajstić information content (AvgIpc) is 2.71. The molecule has 0 saturated carbocycles. The number of carbonyl (C=O) groups is 2. The number of nitrogens with one attached hydrogen (secondary N) is 2. The SMILES string of the molecule is NC(=O)COCCNCc1cn[nH]c1C(=O)O. The fraction of sp³-hybridized carbons (Fsp3) is 0.444. The molecule has 8 nitrogen and oxygen atoms in total. The third kappa shape index (κ3) is 4.62. The quantitative estimate of drug-likeness (QED) is 0.419. The summed E-state index contributed by atoms with van der Waals surface area (Å²) in [7, 11) is 0. The molecule has 0 aliphatic carbocycles. The molecule has 0 radical (unpaired) electrons. The number of carbonyl (C=O) groups excluding carboxylic acids is 1. The van der Waals surface area contributed by atoms with Crippen LogP contribution in [0.25, 0.3) is 0 Å². The van der Waals surface area contributed by atoms with E-state index in [1.165, 1.54) is 6.20 Å². The fourth-order valence-corrected chi connectivity index (χ4v) is 1.17. The molecular weight excluding hydrogens is 228 g/mol. The predicted molar refractivity (Wildman–Crippen MR) is 57.3 cm³/mol. The Hall–Kier alpha value is -1.93. The van der Waals surface area contributed by atoms with Gasteiger partial charge in [0.25, 0.3) is 0 Å². The van der Waals surface area contributed by atoms with E-state index < -0.39 is 11.9 Å². The summed E-state index contributed by atoms with van der Waals surface area (Å²) in [5.41, 5.74) is 5.50. The van der Waals surface area contributed by atoms with Crippen molar-refractivity contribution >= 4 is 11.9 Å². The molecule has 1 heterocycles. The Morgan fingerprint density at radius 1 is 1.59 bits per heavy atom. The summed E-state index contributed by atoms with van der Waals surface area (Å²) in [5.74, 6) is -1.57. The lowest BCUT2D eigenvalue weighted by atomic mass is 10.2. The Balaban J connectivity index is 2.20. The van der Waals surface area contributed by atoms with Crippen LogP contribution in [0.5, 0.6) is 0 Å². The highest BCUT2D eigenvalue weighted by atomic mass is 16.5. The van der Waals surface area contributed by atoms with Gasteiger partial charge in [0, 0.05) is 18.7 Å². The van der Waals surface area contributed by atoms with Gasteiger partial charge in [-0.2, -0.15) is 5.10 Å². The van der Waals surface area contributed by atoms with Gasteiger partial charge in [0.05, 0.1) is 12.8 Å². The van der Waals surface area contributed by atoms with Gasteiger partial charge in [-0.25, -0.2) is 4.79 Å². The average molecular weight is 242 g/mol. The van der Waals surface area contributed by atoms with Crippen molar-refractivity contribution < 1.29 is 19.4 Å². The fourth-order valence-electron chi connectivity index (χ4n) is 1.17. The second kappa shape index (κ2) is 6.61. The van der Waals surface area contributed by atoms with Crippen LogP contribution in [-0.4, -0.2) is 46.9 Å². The van der Waals surface area contributed by atoms with Crippen molar-refractivity contribution in [1.82, 2.24) is 15.5 Å². The van der Waals surface area contributed by atoms with E-state index in [2.05, 4.69) is 15.5 Å². The summed E-state index contributed by atoms with van der Waals surface area (Å²) in [6.07, 6.45) is 1.45. The number of aromatic carboxylic acids is 1. The summed E-state index contributed by atoms with van der Waals surface area (Å²) in [4.78, 5) is 21.1. The second-order valence-electron chi connectivity index (χ2n) is 3.27. The van der Waals surface area contributed by atoms with Crippen molar-refractivity contribution in [1.29, 1.82) is 0 Å². The van der Waals surface area contributed by atoms with Gasteiger partial charge >= 0.3 is 5.97 Å². The number of hydrogen-bond acceptors (Lipinski definition) is 5. The minimum atomic E-state index is -1.05. The zero-order valence-corrected chi connectivity index (χ0v) is 9.10. The maximum absolute atomic E-state index is 10.7. The molecule has 0 bridgehead atoms. The third-order valence-corrected chi connectivity index (χ3v) is 1.91. The number of ether oxygens (including phenoxy) is 1. The number of rotatable bonds is 8. The molecule has 94 valence electrons. The highest BCUT2D eigenvalue weighted by molar-refractivity contribution is 5.86. The number of carboxylic acids is 1. The highest BCUT2D eigenvalue weighted by Crippen LogP contribution is 2.03. The zero-order valence-electron chi connectivity index (χ0n) is 9.10. The normalized spacial score (nSPS) is 10.4. The molecule has 0 saturated heterocycles. The van der Waals surface area contributed by atoms with Crippen LogP contribution in [0.3, 0.4) is 0 Å². The van der Waals surface area contributed by atoms with E-state index in [1.807, 2.05) is 0 Å². The number of aromatic amines is 1. The number of primary amides is 1. The Bertz CT molecular complexity index is 390. The van der Waals surface area contributed by atoms with Crippen LogP contribution in [-0.2, 0) is 16.1 Å². The summed E-state index contributed by atoms with van der Waals surface area (Å²) in [6.45, 7) is 1.05. The number of carboxylic acid groups (broad SMARTS) is 1. The summed E-state index contributed by atoms with van der Waals surface area (Å²) in [5, 5.41) is 17.8. The van der Waals surface area contributed by atoms with Gasteiger partial charge in [-0.3, -0.25) is 9.89 Å². The first kappa shape index (κ1) is 13.1. The number of nitrogens with zero attached hydrogens (tertiary/aromatic N) is 1. The van der Waals surface area contributed by atoms with Crippen LogP contribution in [0, 0.1) is 0 Å². The van der Waals surface area contributed by atoms with Crippen molar-refractivity contribution in [2.24, 2.45) is 5.73 Å². The Kier molecular flexibility index (Phi) is 5.11. The van der Waals surface area contributed by atoms with E-state index in [4.69, 9.17) is 15.6 Å². The smallest absolute Gasteiger partial charge is 0.354 e. The van der Waals surface area contributed by atoms with Crippen LogP contribution in [0.15, 0.2) is 6.20 Å². The first-order chi connectivity index (χ1) is 8.11. The Morgan fingerprint density at radius 3 is 3.00 bits per heavy atom. The second-order valence-corrected chi connectivity index (χ2v) is 3.27. The van der Waals surface area contributed by atoms with Crippen molar-refractivity contribution in [3.63, 3.8) is 0 Å². The predicted octanol–water partition coefficient (Wildman–Crippen LogP) is -1.30. The topological polar surface area (TPSA) is 130 Å². The molecule has 1 aromatic heterocycles. The number of nitrogens with two attached hydrogens (primary N) is 1. The number of aromatic nitrogens is 2. The molecule has 1 amide bonds. The van der Waals surface area contributed by atoms with Crippen LogP contribution < -0.4 is 11.1 Å². The van der Waals surface area contributed by atoms with Crippen LogP contribution in [0.4, 0.5) is 0 Å². The van der Waals surface area contributed by atoms with Crippen molar-refractivity contribution in [3.8, 4) is 0 Å². The molecule has 0 aliphatic heterocycles. The van der Waals surface area contributed by atoms with Crippen molar-refractivity contribution in [2.75, 3.05) is 19.8 Å². The Morgan fingerprint density at radius 2 is 2.35 bits per heavy atom. The lowest BCUT2D eigenvalue weighted by molar-refractivity contribution is -0.122. The molecular formula is C9H14N4O4. The van der Waals surface area contributed by atoms with Gasteiger partial charge in [0.2, 0.25) is 5.91 Å². The number of hydrogen-bond donors (Lipinski definition) is 4. The van der Waals surface area contributed by atoms with Crippen LogP contribution >= 0.6 is 0 Å². The molecule has 0 aromatic carbocycles. The van der Waals surface area contributed by atoms with Gasteiger partial charge in [-0.05, 0) is 0 Å². The molecule has 17 heavy (non-hydrogen) atoms. The maximum Gasteiger partial charge on any atom is 0.354 e. The van der Waals surface area contributed by atoms with Crippen LogP contribution in [0.1, 0.15) is 16.1 Å². The Labute approximate surface area is 97.1 Å². The third-order valence-electron chi connectivity index (χ3n) is 1.91. The lowest BCUT2D eigenvalue weighted by Gasteiger charge is -2.04. The van der Waals surface area contributed by atoms with Gasteiger partial charge in [0.1, 0.15) is 12.3 Å². The monoisotopic (exact) mass is 242 g/mol. The molecule has 8 heteroatoms. The van der Waals surface area contributed by atoms with Gasteiger partial charge in [-0.1, -0.05) is 0 Å². The molecule has 0 spiro atoms. The van der Waals surface area contributed by atoms with E-state index in [1.54, 1.807) is 0 Å². The number of H-pyrrole nitrogens is 1. The first-order valence-electron chi connectivity index (χ1n) is 4.93. The molecule has 0 atom stereocenters. The maximum atomic E-state index is 10.7. The van der Waals surface area contributed by atoms with E-state index in [9.17, 15) is 9.59 Å². The van der Waals surface area contributed by atoms with E-state index in [0.29, 0.717) is 25.3 Å². The zero-order chi connectivity index (χ0) is 12.7. The lowest BCUT2D eigenvalue weighted by Crippen LogP contribution is -2.24. The van der Waals surface area contributed by atoms with Crippen molar-refractivity contribution in [3.05, 3.63) is 17.5 Å². The van der Waals surface area contributed by atoms with E-state index >= 15 is 0 Å². The minimum absolute atomic E-state index is 0.0653. The van der Waals surface area contributed by atoms with Gasteiger partial charge in [0.15, 0.2) is 0 Å². The summed E-state index contributed by atoms with van der Waals surface area (Å²) in [6, 6.07) is 0.